The van der Waals surface area contributed by atoms with Gasteiger partial charge < -0.3 is 4.74 Å². The van der Waals surface area contributed by atoms with Crippen LogP contribution >= 0.6 is 0 Å². The zero-order valence-electron chi connectivity index (χ0n) is 7.95. The van der Waals surface area contributed by atoms with Crippen molar-refractivity contribution >= 4 is 10.0 Å². The van der Waals surface area contributed by atoms with E-state index in [1.165, 1.54) is 0 Å². The molecule has 0 saturated heterocycles. The molecule has 9 heteroatoms. The highest BCUT2D eigenvalue weighted by atomic mass is 32.2. The van der Waals surface area contributed by atoms with E-state index in [2.05, 4.69) is 14.9 Å². The number of sulfonamides is 1. The topological polar surface area (TPSA) is 82.3 Å². The molecule has 0 saturated carbocycles. The molecule has 0 amide bonds. The predicted molar refractivity (Wildman–Crippen MR) is 47.1 cm³/mol. The summed E-state index contributed by atoms with van der Waals surface area (Å²) in [4.78, 5) is 2.92. The van der Waals surface area contributed by atoms with Crippen LogP contribution in [0.4, 0.5) is 13.2 Å². The molecule has 0 aliphatic carbocycles. The molecule has 2 N–H and O–H groups in total. The largest absolute Gasteiger partial charge is 0.493 e. The summed E-state index contributed by atoms with van der Waals surface area (Å²) in [5, 5.41) is 3.64. The second-order valence-corrected chi connectivity index (χ2v) is 4.20. The maximum absolute atomic E-state index is 12.8. The fourth-order valence-electron chi connectivity index (χ4n) is 1.06. The van der Waals surface area contributed by atoms with Crippen molar-refractivity contribution in [1.82, 2.24) is 4.98 Å². The first-order chi connectivity index (χ1) is 7.27. The van der Waals surface area contributed by atoms with Crippen molar-refractivity contribution in [3.63, 3.8) is 0 Å². The van der Waals surface area contributed by atoms with Gasteiger partial charge in [0.05, 0.1) is 12.7 Å². The molecule has 0 bridgehead atoms. The highest BCUT2D eigenvalue weighted by Gasteiger charge is 2.26. The van der Waals surface area contributed by atoms with Gasteiger partial charge in [0.1, 0.15) is 0 Å². The summed E-state index contributed by atoms with van der Waals surface area (Å²) in [6.07, 6.45) is -3.10. The Kier molecular flexibility index (Phi) is 3.38. The lowest BCUT2D eigenvalue weighted by Gasteiger charge is -2.10. The van der Waals surface area contributed by atoms with Crippen molar-refractivity contribution in [2.24, 2.45) is 5.14 Å². The van der Waals surface area contributed by atoms with Crippen LogP contribution in [-0.4, -0.2) is 20.5 Å². The summed E-state index contributed by atoms with van der Waals surface area (Å²) in [5.41, 5.74) is -0.918. The fourth-order valence-corrected chi connectivity index (χ4v) is 1.73. The third kappa shape index (κ3) is 2.42. The molecule has 0 aliphatic heterocycles. The highest BCUT2D eigenvalue weighted by molar-refractivity contribution is 7.89. The first-order valence-corrected chi connectivity index (χ1v) is 5.37. The Bertz CT molecular complexity index is 504. The fraction of sp³-hybridized carbons (Fsp3) is 0.286. The first kappa shape index (κ1) is 12.7. The number of pyridine rings is 1. The van der Waals surface area contributed by atoms with E-state index in [1.807, 2.05) is 0 Å². The third-order valence-electron chi connectivity index (χ3n) is 1.65. The zero-order valence-corrected chi connectivity index (χ0v) is 8.76. The Hall–Kier alpha value is -1.35. The summed E-state index contributed by atoms with van der Waals surface area (Å²) in [6, 6.07) is 0.387. The monoisotopic (exact) mass is 256 g/mol. The number of ether oxygens (including phenoxy) is 1. The van der Waals surface area contributed by atoms with Crippen LogP contribution < -0.4 is 9.88 Å². The number of alkyl halides is 2. The number of nitrogens with two attached hydrogens (primary N) is 1. The summed E-state index contributed by atoms with van der Waals surface area (Å²) in [6.45, 7) is 0. The molecule has 0 spiro atoms. The van der Waals surface area contributed by atoms with Gasteiger partial charge in [0.15, 0.2) is 5.75 Å². The second-order valence-electron chi connectivity index (χ2n) is 2.72. The van der Waals surface area contributed by atoms with E-state index in [4.69, 9.17) is 0 Å². The number of rotatable bonds is 3. The van der Waals surface area contributed by atoms with E-state index in [-0.39, 0.29) is 0 Å². The SMILES string of the molecule is COc1c(C(F)F)cc(F)nc1S(N)(=O)=O. The van der Waals surface area contributed by atoms with Gasteiger partial charge in [-0.05, 0) is 0 Å². The minimum atomic E-state index is -4.43. The average molecular weight is 256 g/mol. The van der Waals surface area contributed by atoms with Crippen molar-refractivity contribution in [2.45, 2.75) is 11.5 Å². The van der Waals surface area contributed by atoms with E-state index < -0.39 is 38.7 Å². The number of aromatic nitrogens is 1. The molecule has 1 aromatic heterocycles. The van der Waals surface area contributed by atoms with Gasteiger partial charge in [0.25, 0.3) is 16.4 Å². The van der Waals surface area contributed by atoms with E-state index in [9.17, 15) is 21.6 Å². The average Bonchev–Trinajstić information content (AvgIpc) is 2.14. The Labute approximate surface area is 89.1 Å². The van der Waals surface area contributed by atoms with E-state index in [0.29, 0.717) is 6.07 Å². The van der Waals surface area contributed by atoms with E-state index in [0.717, 1.165) is 7.11 Å². The molecule has 0 radical (unpaired) electrons. The van der Waals surface area contributed by atoms with Crippen LogP contribution in [0.1, 0.15) is 12.0 Å². The maximum atomic E-state index is 12.8. The number of hydrogen-bond donors (Lipinski definition) is 1. The van der Waals surface area contributed by atoms with Crippen molar-refractivity contribution in [2.75, 3.05) is 7.11 Å². The van der Waals surface area contributed by atoms with Gasteiger partial charge in [-0.25, -0.2) is 27.3 Å². The predicted octanol–water partition coefficient (Wildman–Crippen LogP) is 0.814. The Morgan fingerprint density at radius 1 is 1.50 bits per heavy atom. The molecular weight excluding hydrogens is 249 g/mol. The van der Waals surface area contributed by atoms with Crippen LogP contribution in [0, 0.1) is 5.95 Å². The van der Waals surface area contributed by atoms with Gasteiger partial charge in [0, 0.05) is 6.07 Å². The Morgan fingerprint density at radius 3 is 2.44 bits per heavy atom. The van der Waals surface area contributed by atoms with Gasteiger partial charge in [-0.15, -0.1) is 0 Å². The number of halogens is 3. The van der Waals surface area contributed by atoms with Crippen molar-refractivity contribution in [3.8, 4) is 5.75 Å². The minimum absolute atomic E-state index is 0.387. The van der Waals surface area contributed by atoms with Crippen LogP contribution in [0.5, 0.6) is 5.75 Å². The zero-order chi connectivity index (χ0) is 12.5. The number of methoxy groups -OCH3 is 1. The summed E-state index contributed by atoms with van der Waals surface area (Å²) < 4.78 is 64.1. The maximum Gasteiger partial charge on any atom is 0.267 e. The molecular formula is C7H7F3N2O3S. The molecule has 0 fully saturated rings. The lowest BCUT2D eigenvalue weighted by atomic mass is 10.2. The molecule has 16 heavy (non-hydrogen) atoms. The molecule has 90 valence electrons. The van der Waals surface area contributed by atoms with E-state index >= 15 is 0 Å². The van der Waals surface area contributed by atoms with E-state index in [1.54, 1.807) is 0 Å². The summed E-state index contributed by atoms with van der Waals surface area (Å²) in [5.74, 6) is -2.13. The van der Waals surface area contributed by atoms with Crippen LogP contribution in [-0.2, 0) is 10.0 Å². The smallest absolute Gasteiger partial charge is 0.267 e. The first-order valence-electron chi connectivity index (χ1n) is 3.82. The van der Waals surface area contributed by atoms with Crippen LogP contribution in [0.25, 0.3) is 0 Å². The number of nitrogens with zero attached hydrogens (tertiary/aromatic N) is 1. The molecule has 1 heterocycles. The second kappa shape index (κ2) is 4.26. The van der Waals surface area contributed by atoms with Crippen LogP contribution in [0.2, 0.25) is 0 Å². The van der Waals surface area contributed by atoms with Gasteiger partial charge in [-0.3, -0.25) is 0 Å². The molecule has 5 nitrogen and oxygen atoms in total. The number of primary sulfonamides is 1. The van der Waals surface area contributed by atoms with Crippen molar-refractivity contribution in [3.05, 3.63) is 17.6 Å². The summed E-state index contributed by atoms with van der Waals surface area (Å²) >= 11 is 0. The Morgan fingerprint density at radius 2 is 2.06 bits per heavy atom. The Balaban J connectivity index is 3.62. The van der Waals surface area contributed by atoms with Crippen LogP contribution in [0.15, 0.2) is 11.1 Å². The molecule has 0 atom stereocenters. The molecule has 0 aliphatic rings. The van der Waals surface area contributed by atoms with Gasteiger partial charge in [0.2, 0.25) is 11.0 Å². The van der Waals surface area contributed by atoms with Gasteiger partial charge in [-0.1, -0.05) is 0 Å². The lowest BCUT2D eigenvalue weighted by Crippen LogP contribution is -2.17. The highest BCUT2D eigenvalue weighted by Crippen LogP contribution is 2.33. The lowest BCUT2D eigenvalue weighted by molar-refractivity contribution is 0.145. The minimum Gasteiger partial charge on any atom is -0.493 e. The molecule has 0 aromatic carbocycles. The van der Waals surface area contributed by atoms with Crippen molar-refractivity contribution < 1.29 is 26.3 Å². The summed E-state index contributed by atoms with van der Waals surface area (Å²) in [7, 11) is -3.48. The normalized spacial score (nSPS) is 11.9. The molecule has 1 aromatic rings. The number of hydrogen-bond acceptors (Lipinski definition) is 4. The van der Waals surface area contributed by atoms with Gasteiger partial charge in [-0.2, -0.15) is 4.39 Å². The molecule has 1 rings (SSSR count). The van der Waals surface area contributed by atoms with Gasteiger partial charge >= 0.3 is 0 Å². The quantitative estimate of drug-likeness (QED) is 0.811. The third-order valence-corrected chi connectivity index (χ3v) is 2.46. The standard InChI is InChI=1S/C7H7F3N2O3S/c1-15-5-3(6(9)10)2-4(8)12-7(5)16(11,13)14/h2,6H,1H3,(H2,11,13,14). The van der Waals surface area contributed by atoms with Crippen LogP contribution in [0.3, 0.4) is 0 Å². The molecule has 0 unspecified atom stereocenters. The van der Waals surface area contributed by atoms with Crippen molar-refractivity contribution in [1.29, 1.82) is 0 Å².